The van der Waals surface area contributed by atoms with E-state index in [0.29, 0.717) is 11.4 Å². The van der Waals surface area contributed by atoms with Crippen LogP contribution >= 0.6 is 11.6 Å². The summed E-state index contributed by atoms with van der Waals surface area (Å²) in [5.41, 5.74) is 1.70. The molecule has 1 aliphatic rings. The Bertz CT molecular complexity index is 961. The summed E-state index contributed by atoms with van der Waals surface area (Å²) in [5.74, 6) is -0.569. The molecular weight excluding hydrogens is 392 g/mol. The van der Waals surface area contributed by atoms with Gasteiger partial charge in [0.25, 0.3) is 5.91 Å². The van der Waals surface area contributed by atoms with Gasteiger partial charge in [0.05, 0.1) is 9.92 Å². The van der Waals surface area contributed by atoms with Gasteiger partial charge in [-0.15, -0.1) is 0 Å². The van der Waals surface area contributed by atoms with Gasteiger partial charge in [-0.25, -0.2) is 17.9 Å². The minimum absolute atomic E-state index is 0.0619. The van der Waals surface area contributed by atoms with E-state index >= 15 is 0 Å². The van der Waals surface area contributed by atoms with Crippen molar-refractivity contribution >= 4 is 33.6 Å². The molecule has 0 saturated carbocycles. The highest BCUT2D eigenvalue weighted by Crippen LogP contribution is 2.15. The highest BCUT2D eigenvalue weighted by atomic mass is 35.5. The van der Waals surface area contributed by atoms with E-state index in [0.717, 1.165) is 11.3 Å². The molecule has 2 atom stereocenters. The highest BCUT2D eigenvalue weighted by molar-refractivity contribution is 7.89. The number of hydrogen-bond donors (Lipinski definition) is 3. The minimum Gasteiger partial charge on any atom is -0.324 e. The fourth-order valence-corrected chi connectivity index (χ4v) is 4.04. The number of amides is 3. The maximum atomic E-state index is 12.5. The summed E-state index contributed by atoms with van der Waals surface area (Å²) in [6.45, 7) is 1.51. The van der Waals surface area contributed by atoms with Crippen molar-refractivity contribution in [3.63, 3.8) is 0 Å². The van der Waals surface area contributed by atoms with Crippen molar-refractivity contribution in [2.45, 2.75) is 30.3 Å². The molecule has 0 bridgehead atoms. The van der Waals surface area contributed by atoms with Crippen LogP contribution in [0.25, 0.3) is 0 Å². The number of urea groups is 1. The van der Waals surface area contributed by atoms with Crippen LogP contribution in [0.5, 0.6) is 0 Å². The van der Waals surface area contributed by atoms with Gasteiger partial charge in [0.15, 0.2) is 0 Å². The third-order valence-electron chi connectivity index (χ3n) is 4.05. The summed E-state index contributed by atoms with van der Waals surface area (Å²) in [6.07, 6.45) is 2.09. The molecule has 0 radical (unpaired) electrons. The largest absolute Gasteiger partial charge is 0.324 e. The Labute approximate surface area is 161 Å². The molecule has 3 rings (SSSR count). The average molecular weight is 409 g/mol. The number of carbonyl (C=O) groups is 2. The smallest absolute Gasteiger partial charge is 0.322 e. The van der Waals surface area contributed by atoms with Crippen molar-refractivity contribution in [3.05, 3.63) is 58.9 Å². The number of rotatable bonds is 6. The summed E-state index contributed by atoms with van der Waals surface area (Å²) in [6, 6.07) is 7.49. The lowest BCUT2D eigenvalue weighted by Gasteiger charge is -2.18. The van der Waals surface area contributed by atoms with Gasteiger partial charge in [0, 0.05) is 24.4 Å². The van der Waals surface area contributed by atoms with Crippen molar-refractivity contribution in [2.75, 3.05) is 0 Å². The van der Waals surface area contributed by atoms with Gasteiger partial charge in [-0.05, 0) is 36.8 Å². The second kappa shape index (κ2) is 7.63. The Hall–Kier alpha value is -2.49. The predicted octanol–water partition coefficient (Wildman–Crippen LogP) is 1.20. The third kappa shape index (κ3) is 4.62. The highest BCUT2D eigenvalue weighted by Gasteiger charge is 2.36. The zero-order valence-electron chi connectivity index (χ0n) is 14.3. The van der Waals surface area contributed by atoms with E-state index < -0.39 is 34.0 Å². The molecule has 0 aliphatic carbocycles. The fourth-order valence-electron chi connectivity index (χ4n) is 2.67. The molecule has 10 heteroatoms. The zero-order valence-corrected chi connectivity index (χ0v) is 15.8. The van der Waals surface area contributed by atoms with E-state index in [9.17, 15) is 18.0 Å². The van der Waals surface area contributed by atoms with Crippen LogP contribution in [0.4, 0.5) is 4.79 Å². The first kappa shape index (κ1) is 19.3. The molecule has 1 aromatic carbocycles. The van der Waals surface area contributed by atoms with Crippen molar-refractivity contribution in [2.24, 2.45) is 0 Å². The Morgan fingerprint density at radius 3 is 2.44 bits per heavy atom. The van der Waals surface area contributed by atoms with E-state index in [2.05, 4.69) is 20.3 Å². The van der Waals surface area contributed by atoms with Crippen LogP contribution in [0.15, 0.2) is 47.5 Å². The van der Waals surface area contributed by atoms with Crippen LogP contribution < -0.4 is 15.4 Å². The molecule has 0 spiro atoms. The first-order valence-electron chi connectivity index (χ1n) is 8.08. The van der Waals surface area contributed by atoms with Crippen molar-refractivity contribution < 1.29 is 18.0 Å². The molecule has 27 heavy (non-hydrogen) atoms. The van der Waals surface area contributed by atoms with E-state index in [-0.39, 0.29) is 4.90 Å². The first-order chi connectivity index (χ1) is 12.7. The molecule has 2 aromatic rings. The van der Waals surface area contributed by atoms with Crippen molar-refractivity contribution in [1.29, 1.82) is 0 Å². The lowest BCUT2D eigenvalue weighted by molar-refractivity contribution is -0.120. The molecule has 8 nitrogen and oxygen atoms in total. The molecule has 2 heterocycles. The standard InChI is InChI=1S/C17H17ClN4O4S/c1-10(15-16(23)21-17(24)20-15)22-27(25,26)14-6-2-11(3-7-14)8-13-5-4-12(18)9-19-13/h2-7,9-10,15,22H,8H2,1H3,(H2,20,21,23,24)/t10-,15+/m1/s1. The van der Waals surface area contributed by atoms with Crippen molar-refractivity contribution in [1.82, 2.24) is 20.3 Å². The molecule has 1 aliphatic heterocycles. The number of pyridine rings is 1. The number of sulfonamides is 1. The molecule has 142 valence electrons. The number of nitrogens with zero attached hydrogens (tertiary/aromatic N) is 1. The van der Waals surface area contributed by atoms with Gasteiger partial charge in [-0.1, -0.05) is 23.7 Å². The Morgan fingerprint density at radius 2 is 1.89 bits per heavy atom. The first-order valence-corrected chi connectivity index (χ1v) is 9.94. The molecule has 3 amide bonds. The zero-order chi connectivity index (χ0) is 19.6. The van der Waals surface area contributed by atoms with Crippen LogP contribution in [0.3, 0.4) is 0 Å². The Balaban J connectivity index is 1.68. The molecule has 3 N–H and O–H groups in total. The minimum atomic E-state index is -3.85. The summed E-state index contributed by atoms with van der Waals surface area (Å²) < 4.78 is 27.4. The lowest BCUT2D eigenvalue weighted by atomic mass is 10.1. The predicted molar refractivity (Wildman–Crippen MR) is 98.7 cm³/mol. The Morgan fingerprint density at radius 1 is 1.19 bits per heavy atom. The van der Waals surface area contributed by atoms with Crippen LogP contribution in [0.2, 0.25) is 5.02 Å². The van der Waals surface area contributed by atoms with Gasteiger partial charge in [-0.3, -0.25) is 15.1 Å². The number of carbonyl (C=O) groups excluding carboxylic acids is 2. The number of halogens is 1. The van der Waals surface area contributed by atoms with Gasteiger partial charge in [-0.2, -0.15) is 0 Å². The van der Waals surface area contributed by atoms with Gasteiger partial charge in [0.1, 0.15) is 6.04 Å². The summed E-state index contributed by atoms with van der Waals surface area (Å²) in [7, 11) is -3.85. The molecule has 1 aromatic heterocycles. The van der Waals surface area contributed by atoms with E-state index in [4.69, 9.17) is 11.6 Å². The molecule has 1 saturated heterocycles. The van der Waals surface area contributed by atoms with Crippen LogP contribution in [0, 0.1) is 0 Å². The fraction of sp³-hybridized carbons (Fsp3) is 0.235. The van der Waals surface area contributed by atoms with Gasteiger partial charge >= 0.3 is 6.03 Å². The summed E-state index contributed by atoms with van der Waals surface area (Å²) in [5, 5.41) is 4.99. The van der Waals surface area contributed by atoms with Gasteiger partial charge in [0.2, 0.25) is 10.0 Å². The number of aromatic nitrogens is 1. The molecule has 1 fully saturated rings. The molecule has 0 unspecified atom stereocenters. The second-order valence-corrected chi connectivity index (χ2v) is 8.29. The number of benzene rings is 1. The summed E-state index contributed by atoms with van der Waals surface area (Å²) >= 11 is 5.81. The quantitative estimate of drug-likeness (QED) is 0.621. The van der Waals surface area contributed by atoms with Gasteiger partial charge < -0.3 is 5.32 Å². The van der Waals surface area contributed by atoms with E-state index in [1.54, 1.807) is 30.5 Å². The lowest BCUT2D eigenvalue weighted by Crippen LogP contribution is -2.49. The average Bonchev–Trinajstić information content (AvgIpc) is 2.95. The van der Waals surface area contributed by atoms with E-state index in [1.165, 1.54) is 19.1 Å². The second-order valence-electron chi connectivity index (χ2n) is 6.14. The topological polar surface area (TPSA) is 117 Å². The van der Waals surface area contributed by atoms with Crippen LogP contribution in [-0.2, 0) is 21.2 Å². The number of nitrogens with one attached hydrogen (secondary N) is 3. The van der Waals surface area contributed by atoms with E-state index in [1.807, 2.05) is 0 Å². The molecular formula is C17H17ClN4O4S. The number of imide groups is 1. The maximum absolute atomic E-state index is 12.5. The van der Waals surface area contributed by atoms with Crippen LogP contribution in [-0.4, -0.2) is 37.4 Å². The maximum Gasteiger partial charge on any atom is 0.322 e. The monoisotopic (exact) mass is 408 g/mol. The Kier molecular flexibility index (Phi) is 5.45. The SMILES string of the molecule is C[C@@H](NS(=O)(=O)c1ccc(Cc2ccc(Cl)cn2)cc1)[C@@H]1NC(=O)NC1=O. The normalized spacial score (nSPS) is 18.1. The summed E-state index contributed by atoms with van der Waals surface area (Å²) in [4.78, 5) is 27.1. The third-order valence-corrected chi connectivity index (χ3v) is 5.85. The van der Waals surface area contributed by atoms with Crippen molar-refractivity contribution in [3.8, 4) is 0 Å². The number of hydrogen-bond acceptors (Lipinski definition) is 5. The van der Waals surface area contributed by atoms with Crippen LogP contribution in [0.1, 0.15) is 18.2 Å².